The van der Waals surface area contributed by atoms with Gasteiger partial charge in [0, 0.05) is 29.3 Å². The highest BCUT2D eigenvalue weighted by Crippen LogP contribution is 2.44. The van der Waals surface area contributed by atoms with Crippen LogP contribution in [0.4, 0.5) is 0 Å². The van der Waals surface area contributed by atoms with Crippen LogP contribution in [-0.2, 0) is 12.8 Å². The van der Waals surface area contributed by atoms with Crippen molar-refractivity contribution in [2.45, 2.75) is 78.1 Å². The lowest BCUT2D eigenvalue weighted by Crippen LogP contribution is -1.85. The summed E-state index contributed by atoms with van der Waals surface area (Å²) >= 11 is 7.32. The lowest BCUT2D eigenvalue weighted by molar-refractivity contribution is 0.668. The largest absolute Gasteiger partial charge is 0.192 e. The Kier molecular flexibility index (Phi) is 9.58. The lowest BCUT2D eigenvalue weighted by atomic mass is 10.1. The van der Waals surface area contributed by atoms with Crippen molar-refractivity contribution in [2.24, 2.45) is 0 Å². The smallest absolute Gasteiger partial charge is 0.110 e. The fraction of sp³-hybridized carbons (Fsp3) is 0.414. The van der Waals surface area contributed by atoms with E-state index in [0.717, 1.165) is 11.3 Å². The molecule has 0 amide bonds. The van der Waals surface area contributed by atoms with Gasteiger partial charge in [0.15, 0.2) is 0 Å². The summed E-state index contributed by atoms with van der Waals surface area (Å²) in [5.74, 6) is 0. The number of unbranched alkanes of at least 4 members (excludes halogenated alkanes) is 6. The van der Waals surface area contributed by atoms with Crippen LogP contribution < -0.4 is 0 Å². The first-order chi connectivity index (χ1) is 16.7. The average Bonchev–Trinajstić information content (AvgIpc) is 3.65. The van der Waals surface area contributed by atoms with Crippen LogP contribution >= 0.6 is 45.3 Å². The van der Waals surface area contributed by atoms with Crippen LogP contribution in [0.25, 0.3) is 29.3 Å². The van der Waals surface area contributed by atoms with Crippen LogP contribution in [0.1, 0.15) is 81.2 Å². The molecule has 0 aromatic carbocycles. The Labute approximate surface area is 220 Å². The zero-order valence-corrected chi connectivity index (χ0v) is 23.5. The molecule has 0 aliphatic carbocycles. The molecule has 4 aromatic rings. The summed E-state index contributed by atoms with van der Waals surface area (Å²) < 4.78 is 0. The van der Waals surface area contributed by atoms with E-state index < -0.39 is 0 Å². The third-order valence-corrected chi connectivity index (χ3v) is 10.9. The van der Waals surface area contributed by atoms with Gasteiger partial charge in [0.05, 0.1) is 0 Å². The maximum Gasteiger partial charge on any atom is 0.110 e. The Bertz CT molecular complexity index is 1210. The minimum atomic E-state index is 0.831. The van der Waals surface area contributed by atoms with E-state index in [0.29, 0.717) is 0 Å². The fourth-order valence-corrected chi connectivity index (χ4v) is 8.67. The van der Waals surface area contributed by atoms with Crippen LogP contribution in [-0.4, -0.2) is 0 Å². The van der Waals surface area contributed by atoms with Gasteiger partial charge in [0.2, 0.25) is 0 Å². The van der Waals surface area contributed by atoms with Gasteiger partial charge in [-0.1, -0.05) is 52.4 Å². The van der Waals surface area contributed by atoms with E-state index in [2.05, 4.69) is 61.7 Å². The van der Waals surface area contributed by atoms with Crippen LogP contribution in [0.15, 0.2) is 41.8 Å². The maximum absolute atomic E-state index is 9.48. The molecule has 0 saturated heterocycles. The molecule has 0 spiro atoms. The molecule has 1 nitrogen and oxygen atoms in total. The number of hydrogen-bond donors (Lipinski definition) is 0. The Morgan fingerprint density at radius 3 is 1.85 bits per heavy atom. The van der Waals surface area contributed by atoms with Crippen LogP contribution in [0.2, 0.25) is 0 Å². The summed E-state index contributed by atoms with van der Waals surface area (Å²) in [4.78, 5) is 8.96. The Morgan fingerprint density at radius 2 is 1.24 bits per heavy atom. The van der Waals surface area contributed by atoms with Crippen LogP contribution in [0.3, 0.4) is 0 Å². The van der Waals surface area contributed by atoms with E-state index in [1.54, 1.807) is 11.3 Å². The molecule has 5 heteroatoms. The van der Waals surface area contributed by atoms with Crippen molar-refractivity contribution in [3.05, 3.63) is 57.8 Å². The Hall–Kier alpha value is -1.71. The van der Waals surface area contributed by atoms with Crippen molar-refractivity contribution in [3.8, 4) is 35.3 Å². The zero-order chi connectivity index (χ0) is 23.8. The van der Waals surface area contributed by atoms with E-state index >= 15 is 0 Å². The Balaban J connectivity index is 1.50. The van der Waals surface area contributed by atoms with Gasteiger partial charge in [0.1, 0.15) is 10.9 Å². The first-order valence-corrected chi connectivity index (χ1v) is 15.9. The fourth-order valence-electron chi connectivity index (χ4n) is 4.30. The van der Waals surface area contributed by atoms with E-state index in [9.17, 15) is 5.26 Å². The topological polar surface area (TPSA) is 23.8 Å². The SMILES string of the molecule is CCCCCCc1ccsc1-c1ccc(-c2ccc(-c3sc(C#N)cc3CCCCCC)s2)s1. The normalized spacial score (nSPS) is 11.2. The summed E-state index contributed by atoms with van der Waals surface area (Å²) in [5, 5.41) is 11.7. The number of nitrogens with zero attached hydrogens (tertiary/aromatic N) is 1. The number of rotatable bonds is 13. The van der Waals surface area contributed by atoms with E-state index in [1.165, 1.54) is 98.2 Å². The average molecular weight is 524 g/mol. The second-order valence-corrected chi connectivity index (χ2v) is 12.9. The van der Waals surface area contributed by atoms with Crippen molar-refractivity contribution >= 4 is 45.3 Å². The summed E-state index contributed by atoms with van der Waals surface area (Å²) in [6, 6.07) is 15.9. The number of thiophene rings is 4. The van der Waals surface area contributed by atoms with Crippen molar-refractivity contribution < 1.29 is 0 Å². The van der Waals surface area contributed by atoms with Crippen LogP contribution in [0, 0.1) is 11.3 Å². The number of nitriles is 1. The van der Waals surface area contributed by atoms with Gasteiger partial charge in [0.25, 0.3) is 0 Å². The van der Waals surface area contributed by atoms with E-state index in [1.807, 2.05) is 34.0 Å². The lowest BCUT2D eigenvalue weighted by Gasteiger charge is -2.02. The van der Waals surface area contributed by atoms with E-state index in [-0.39, 0.29) is 0 Å². The van der Waals surface area contributed by atoms with Crippen LogP contribution in [0.5, 0.6) is 0 Å². The second-order valence-electron chi connectivity index (χ2n) is 8.80. The first-order valence-electron chi connectivity index (χ1n) is 12.5. The summed E-state index contributed by atoms with van der Waals surface area (Å²) in [7, 11) is 0. The molecule has 0 aliphatic heterocycles. The minimum absolute atomic E-state index is 0.831. The van der Waals surface area contributed by atoms with Gasteiger partial charge in [-0.2, -0.15) is 5.26 Å². The summed E-state index contributed by atoms with van der Waals surface area (Å²) in [6.07, 6.45) is 12.5. The van der Waals surface area contributed by atoms with Crippen molar-refractivity contribution in [2.75, 3.05) is 0 Å². The van der Waals surface area contributed by atoms with E-state index in [4.69, 9.17) is 0 Å². The molecular formula is C29H33NS4. The molecule has 0 bridgehead atoms. The molecule has 0 saturated carbocycles. The minimum Gasteiger partial charge on any atom is -0.192 e. The standard InChI is InChI=1S/C29H33NS4/c1-3-5-7-9-11-21-17-18-31-28(21)26-15-13-24(33-26)25-14-16-27(34-25)29-22(12-10-8-6-4-2)19-23(20-30)32-29/h13-19H,3-12H2,1-2H3. The van der Waals surface area contributed by atoms with Gasteiger partial charge in [-0.25, -0.2) is 0 Å². The van der Waals surface area contributed by atoms with Crippen molar-refractivity contribution in [1.82, 2.24) is 0 Å². The van der Waals surface area contributed by atoms with Gasteiger partial charge in [-0.3, -0.25) is 0 Å². The third kappa shape index (κ3) is 6.29. The predicted octanol–water partition coefficient (Wildman–Crippen LogP) is 11.1. The predicted molar refractivity (Wildman–Crippen MR) is 155 cm³/mol. The molecular weight excluding hydrogens is 491 g/mol. The zero-order valence-electron chi connectivity index (χ0n) is 20.2. The highest BCUT2D eigenvalue weighted by atomic mass is 32.1. The first kappa shape index (κ1) is 25.4. The molecule has 178 valence electrons. The molecule has 0 radical (unpaired) electrons. The van der Waals surface area contributed by atoms with Gasteiger partial charge in [-0.05, 0) is 78.6 Å². The molecule has 0 unspecified atom stereocenters. The monoisotopic (exact) mass is 523 g/mol. The molecule has 0 atom stereocenters. The maximum atomic E-state index is 9.48. The summed E-state index contributed by atoms with van der Waals surface area (Å²) in [6.45, 7) is 4.52. The quantitative estimate of drug-likeness (QED) is 0.160. The van der Waals surface area contributed by atoms with Gasteiger partial charge >= 0.3 is 0 Å². The highest BCUT2D eigenvalue weighted by Gasteiger charge is 2.16. The third-order valence-electron chi connectivity index (χ3n) is 6.17. The summed E-state index contributed by atoms with van der Waals surface area (Å²) in [5.41, 5.74) is 2.86. The van der Waals surface area contributed by atoms with Crippen molar-refractivity contribution in [3.63, 3.8) is 0 Å². The van der Waals surface area contributed by atoms with Gasteiger partial charge in [-0.15, -0.1) is 45.3 Å². The highest BCUT2D eigenvalue weighted by molar-refractivity contribution is 7.28. The second kappa shape index (κ2) is 12.8. The Morgan fingerprint density at radius 1 is 0.647 bits per heavy atom. The molecule has 0 N–H and O–H groups in total. The van der Waals surface area contributed by atoms with Gasteiger partial charge < -0.3 is 0 Å². The number of aryl methyl sites for hydroxylation is 2. The molecule has 0 fully saturated rings. The number of hydrogen-bond acceptors (Lipinski definition) is 5. The van der Waals surface area contributed by atoms with Crippen molar-refractivity contribution in [1.29, 1.82) is 5.26 Å². The molecule has 4 rings (SSSR count). The molecule has 4 aromatic heterocycles. The molecule has 34 heavy (non-hydrogen) atoms. The molecule has 0 aliphatic rings. The molecule has 4 heterocycles.